The Morgan fingerprint density at radius 2 is 1.77 bits per heavy atom. The van der Waals surface area contributed by atoms with E-state index < -0.39 is 34.2 Å². The van der Waals surface area contributed by atoms with E-state index in [-0.39, 0.29) is 35.9 Å². The molecule has 1 heterocycles. The topological polar surface area (TPSA) is 104 Å². The zero-order valence-electron chi connectivity index (χ0n) is 17.9. The molecule has 6 heteroatoms. The van der Waals surface area contributed by atoms with E-state index in [0.717, 1.165) is 18.4 Å². The van der Waals surface area contributed by atoms with E-state index in [2.05, 4.69) is 6.92 Å². The number of hydrogen-bond acceptors (Lipinski definition) is 6. The summed E-state index contributed by atoms with van der Waals surface area (Å²) in [5.74, 6) is -0.768. The minimum Gasteiger partial charge on any atom is -0.452 e. The Hall–Kier alpha value is -1.50. The van der Waals surface area contributed by atoms with Gasteiger partial charge in [0, 0.05) is 23.3 Å². The fourth-order valence-electron chi connectivity index (χ4n) is 8.00. The molecule has 0 aromatic heterocycles. The second kappa shape index (κ2) is 6.05. The van der Waals surface area contributed by atoms with E-state index >= 15 is 0 Å². The number of aliphatic hydroxyl groups is 3. The van der Waals surface area contributed by atoms with Crippen molar-refractivity contribution in [2.24, 2.45) is 28.6 Å². The van der Waals surface area contributed by atoms with Gasteiger partial charge >= 0.3 is 5.97 Å². The normalized spacial score (nSPS) is 54.9. The molecule has 30 heavy (non-hydrogen) atoms. The van der Waals surface area contributed by atoms with Crippen molar-refractivity contribution >= 4 is 11.8 Å². The monoisotopic (exact) mass is 416 g/mol. The summed E-state index contributed by atoms with van der Waals surface area (Å²) >= 11 is 0. The van der Waals surface area contributed by atoms with Gasteiger partial charge in [0.25, 0.3) is 0 Å². The van der Waals surface area contributed by atoms with Gasteiger partial charge in [-0.2, -0.15) is 0 Å². The van der Waals surface area contributed by atoms with E-state index in [4.69, 9.17) is 4.74 Å². The van der Waals surface area contributed by atoms with Gasteiger partial charge in [-0.05, 0) is 74.5 Å². The summed E-state index contributed by atoms with van der Waals surface area (Å²) in [5, 5.41) is 32.7. The highest BCUT2D eigenvalue weighted by Crippen LogP contribution is 2.68. The van der Waals surface area contributed by atoms with Gasteiger partial charge in [0.05, 0.1) is 17.8 Å². The molecule has 0 spiro atoms. The van der Waals surface area contributed by atoms with Crippen molar-refractivity contribution in [3.63, 3.8) is 0 Å². The highest BCUT2D eigenvalue weighted by molar-refractivity contribution is 5.95. The van der Waals surface area contributed by atoms with Crippen LogP contribution in [0.3, 0.4) is 0 Å². The summed E-state index contributed by atoms with van der Waals surface area (Å²) in [6.45, 7) is 6.04. The molecular formula is C24H32O6. The lowest BCUT2D eigenvalue weighted by molar-refractivity contribution is -0.166. The largest absolute Gasteiger partial charge is 0.452 e. The van der Waals surface area contributed by atoms with Crippen molar-refractivity contribution in [1.29, 1.82) is 0 Å². The lowest BCUT2D eigenvalue weighted by atomic mass is 9.45. The van der Waals surface area contributed by atoms with Gasteiger partial charge in [0.2, 0.25) is 0 Å². The highest BCUT2D eigenvalue weighted by Gasteiger charge is 2.69. The number of hydrogen-bond donors (Lipinski definition) is 3. The van der Waals surface area contributed by atoms with Crippen LogP contribution in [-0.2, 0) is 14.3 Å². The van der Waals surface area contributed by atoms with Crippen molar-refractivity contribution in [3.8, 4) is 0 Å². The molecule has 0 radical (unpaired) electrons. The quantitative estimate of drug-likeness (QED) is 0.566. The van der Waals surface area contributed by atoms with E-state index in [0.29, 0.717) is 19.3 Å². The first kappa shape index (κ1) is 20.4. The second-order valence-corrected chi connectivity index (χ2v) is 11.0. The fraction of sp³-hybridized carbons (Fsp3) is 0.750. The molecule has 1 aliphatic heterocycles. The summed E-state index contributed by atoms with van der Waals surface area (Å²) < 4.78 is 5.67. The molecule has 0 bridgehead atoms. The Balaban J connectivity index is 1.56. The summed E-state index contributed by atoms with van der Waals surface area (Å²) in [5.41, 5.74) is -2.09. The van der Waals surface area contributed by atoms with Gasteiger partial charge in [-0.25, -0.2) is 4.79 Å². The number of cyclic esters (lactones) is 1. The molecule has 5 aliphatic rings. The van der Waals surface area contributed by atoms with Gasteiger partial charge in [-0.1, -0.05) is 13.8 Å². The average Bonchev–Trinajstić information content (AvgIpc) is 3.15. The minimum absolute atomic E-state index is 0.00588. The second-order valence-electron chi connectivity index (χ2n) is 11.0. The number of ether oxygens (including phenoxy) is 1. The lowest BCUT2D eigenvalue weighted by Crippen LogP contribution is -2.61. The maximum Gasteiger partial charge on any atom is 0.331 e. The molecule has 3 saturated carbocycles. The number of rotatable bonds is 1. The maximum absolute atomic E-state index is 13.2. The van der Waals surface area contributed by atoms with Crippen LogP contribution in [0.2, 0.25) is 0 Å². The summed E-state index contributed by atoms with van der Waals surface area (Å²) in [7, 11) is 0. The van der Waals surface area contributed by atoms with Crippen LogP contribution in [-0.4, -0.2) is 50.5 Å². The predicted octanol–water partition coefficient (Wildman–Crippen LogP) is 2.06. The number of carbonyl (C=O) groups excluding carboxylic acids is 2. The third-order valence-electron chi connectivity index (χ3n) is 9.68. The molecule has 4 aliphatic carbocycles. The van der Waals surface area contributed by atoms with Gasteiger partial charge in [0.1, 0.15) is 5.60 Å². The molecule has 0 aromatic rings. The Morgan fingerprint density at radius 1 is 1.03 bits per heavy atom. The number of aliphatic hydroxyl groups excluding tert-OH is 2. The number of allylic oxidation sites excluding steroid dienone is 1. The smallest absolute Gasteiger partial charge is 0.331 e. The fourth-order valence-corrected chi connectivity index (χ4v) is 8.00. The maximum atomic E-state index is 13.2. The van der Waals surface area contributed by atoms with Crippen LogP contribution in [0.4, 0.5) is 0 Å². The number of esters is 1. The molecule has 5 rings (SSSR count). The molecule has 0 saturated heterocycles. The standard InChI is InChI=1S/C24H32O6/c1-21-12-18(27)17(26)11-15(21)16(25)10-14-13(21)4-7-22(2)19(5-9-24(14,22)29)23(3)8-6-20(28)30-23/h6,8,10,13,15,17-19,26-27,29H,4-5,7,9,11-12H2,1-3H3. The lowest BCUT2D eigenvalue weighted by Gasteiger charge is -2.60. The van der Waals surface area contributed by atoms with Crippen molar-refractivity contribution in [2.45, 2.75) is 82.7 Å². The van der Waals surface area contributed by atoms with Crippen LogP contribution in [0.15, 0.2) is 23.8 Å². The molecule has 6 nitrogen and oxygen atoms in total. The van der Waals surface area contributed by atoms with Gasteiger partial charge < -0.3 is 20.1 Å². The SMILES string of the molecule is CC1(C2CCC3(O)C4=CC(=O)C5CC(O)C(O)CC5(C)C4CCC23C)C=CC(=O)O1. The zero-order chi connectivity index (χ0) is 21.7. The molecule has 3 N–H and O–H groups in total. The van der Waals surface area contributed by atoms with E-state index in [1.807, 2.05) is 19.9 Å². The first-order chi connectivity index (χ1) is 13.9. The summed E-state index contributed by atoms with van der Waals surface area (Å²) in [4.78, 5) is 25.0. The van der Waals surface area contributed by atoms with E-state index in [1.54, 1.807) is 6.08 Å². The number of ketones is 1. The summed E-state index contributed by atoms with van der Waals surface area (Å²) in [6.07, 6.45) is 6.64. The average molecular weight is 417 g/mol. The van der Waals surface area contributed by atoms with Crippen molar-refractivity contribution in [1.82, 2.24) is 0 Å². The van der Waals surface area contributed by atoms with Crippen LogP contribution in [0.5, 0.6) is 0 Å². The Labute approximate surface area is 177 Å². The number of fused-ring (bicyclic) bond motifs is 5. The van der Waals surface area contributed by atoms with E-state index in [1.165, 1.54) is 6.08 Å². The first-order valence-electron chi connectivity index (χ1n) is 11.2. The van der Waals surface area contributed by atoms with E-state index in [9.17, 15) is 24.9 Å². The number of carbonyl (C=O) groups is 2. The Morgan fingerprint density at radius 3 is 2.43 bits per heavy atom. The van der Waals surface area contributed by atoms with Gasteiger partial charge in [0.15, 0.2) is 5.78 Å². The molecule has 0 amide bonds. The third-order valence-corrected chi connectivity index (χ3v) is 9.68. The Kier molecular flexibility index (Phi) is 4.11. The van der Waals surface area contributed by atoms with Gasteiger partial charge in [-0.15, -0.1) is 0 Å². The summed E-state index contributed by atoms with van der Waals surface area (Å²) in [6, 6.07) is 0. The molecule has 9 atom stereocenters. The molecule has 3 fully saturated rings. The Bertz CT molecular complexity index is 877. The molecular weight excluding hydrogens is 384 g/mol. The molecule has 164 valence electrons. The van der Waals surface area contributed by atoms with Crippen LogP contribution in [0.1, 0.15) is 59.3 Å². The van der Waals surface area contributed by atoms with Crippen LogP contribution in [0, 0.1) is 28.6 Å². The molecule has 0 aromatic carbocycles. The van der Waals surface area contributed by atoms with Crippen LogP contribution < -0.4 is 0 Å². The zero-order valence-corrected chi connectivity index (χ0v) is 17.9. The highest BCUT2D eigenvalue weighted by atomic mass is 16.6. The van der Waals surface area contributed by atoms with Crippen molar-refractivity contribution < 1.29 is 29.6 Å². The van der Waals surface area contributed by atoms with Crippen molar-refractivity contribution in [3.05, 3.63) is 23.8 Å². The first-order valence-corrected chi connectivity index (χ1v) is 11.2. The van der Waals surface area contributed by atoms with Crippen LogP contribution in [0.25, 0.3) is 0 Å². The molecule has 9 unspecified atom stereocenters. The third kappa shape index (κ3) is 2.36. The van der Waals surface area contributed by atoms with Gasteiger partial charge in [-0.3, -0.25) is 4.79 Å². The van der Waals surface area contributed by atoms with Crippen molar-refractivity contribution in [2.75, 3.05) is 0 Å². The predicted molar refractivity (Wildman–Crippen MR) is 108 cm³/mol. The van der Waals surface area contributed by atoms with Crippen LogP contribution >= 0.6 is 0 Å². The minimum atomic E-state index is -1.14.